The van der Waals surface area contributed by atoms with Gasteiger partial charge in [0.2, 0.25) is 5.95 Å². The molecule has 0 unspecified atom stereocenters. The summed E-state index contributed by atoms with van der Waals surface area (Å²) >= 11 is 1.66. The quantitative estimate of drug-likeness (QED) is 0.576. The molecule has 0 bridgehead atoms. The lowest BCUT2D eigenvalue weighted by Gasteiger charge is -2.15. The van der Waals surface area contributed by atoms with Crippen molar-refractivity contribution in [2.45, 2.75) is 19.8 Å². The molecule has 0 amide bonds. The number of aryl methyl sites for hydroxylation is 1. The Morgan fingerprint density at radius 2 is 2.15 bits per heavy atom. The summed E-state index contributed by atoms with van der Waals surface area (Å²) in [6.07, 6.45) is 2.64. The molecule has 1 fully saturated rings. The van der Waals surface area contributed by atoms with Crippen LogP contribution in [0.3, 0.4) is 0 Å². The molecule has 1 aliphatic rings. The maximum atomic E-state index is 5.44. The van der Waals surface area contributed by atoms with Crippen LogP contribution in [0.2, 0.25) is 0 Å². The van der Waals surface area contributed by atoms with Crippen molar-refractivity contribution in [1.29, 1.82) is 0 Å². The third kappa shape index (κ3) is 2.84. The number of nitrogen functional groups attached to an aromatic ring is 1. The Balaban J connectivity index is 1.74. The number of aromatic nitrogens is 2. The number of anilines is 2. The van der Waals surface area contributed by atoms with Crippen LogP contribution in [-0.4, -0.2) is 41.0 Å². The van der Waals surface area contributed by atoms with Crippen molar-refractivity contribution in [1.82, 2.24) is 14.9 Å². The third-order valence-electron chi connectivity index (χ3n) is 3.56. The molecule has 20 heavy (non-hydrogen) atoms. The van der Waals surface area contributed by atoms with Crippen molar-refractivity contribution >= 4 is 33.3 Å². The monoisotopic (exact) mass is 292 g/mol. The van der Waals surface area contributed by atoms with E-state index in [2.05, 4.69) is 38.6 Å². The zero-order valence-corrected chi connectivity index (χ0v) is 12.5. The summed E-state index contributed by atoms with van der Waals surface area (Å²) in [6.45, 7) is 6.46. The summed E-state index contributed by atoms with van der Waals surface area (Å²) < 4.78 is 0. The van der Waals surface area contributed by atoms with Crippen molar-refractivity contribution in [3.63, 3.8) is 0 Å². The molecule has 0 aliphatic carbocycles. The average Bonchev–Trinajstić information content (AvgIpc) is 3.06. The first-order chi connectivity index (χ1) is 9.76. The van der Waals surface area contributed by atoms with E-state index in [4.69, 9.17) is 5.84 Å². The van der Waals surface area contributed by atoms with Gasteiger partial charge in [-0.15, -0.1) is 11.3 Å². The first kappa shape index (κ1) is 13.5. The molecule has 0 spiro atoms. The Morgan fingerprint density at radius 3 is 2.90 bits per heavy atom. The van der Waals surface area contributed by atoms with Gasteiger partial charge in [-0.2, -0.15) is 4.98 Å². The van der Waals surface area contributed by atoms with Gasteiger partial charge in [0.25, 0.3) is 0 Å². The Kier molecular flexibility index (Phi) is 4.00. The molecule has 1 saturated heterocycles. The van der Waals surface area contributed by atoms with Gasteiger partial charge in [-0.05, 0) is 38.9 Å². The average molecular weight is 292 g/mol. The standard InChI is InChI=1S/C13H20N6S/c1-9-8-10-11(15-4-7-19-5-2-3-6-19)16-13(18-14)17-12(10)20-9/h8H,2-7,14H2,1H3,(H2,15,16,17,18). The number of thiophene rings is 1. The highest BCUT2D eigenvalue weighted by molar-refractivity contribution is 7.18. The number of rotatable bonds is 5. The van der Waals surface area contributed by atoms with Crippen LogP contribution in [0.15, 0.2) is 6.07 Å². The Morgan fingerprint density at radius 1 is 1.35 bits per heavy atom. The van der Waals surface area contributed by atoms with E-state index in [-0.39, 0.29) is 0 Å². The molecule has 2 aromatic heterocycles. The van der Waals surface area contributed by atoms with Crippen LogP contribution in [0.25, 0.3) is 10.2 Å². The van der Waals surface area contributed by atoms with Crippen LogP contribution in [0.4, 0.5) is 11.8 Å². The molecule has 0 atom stereocenters. The van der Waals surface area contributed by atoms with E-state index in [1.807, 2.05) is 0 Å². The van der Waals surface area contributed by atoms with Crippen molar-refractivity contribution < 1.29 is 0 Å². The van der Waals surface area contributed by atoms with E-state index < -0.39 is 0 Å². The van der Waals surface area contributed by atoms with Gasteiger partial charge in [0.15, 0.2) is 0 Å². The number of hydrogen-bond acceptors (Lipinski definition) is 7. The summed E-state index contributed by atoms with van der Waals surface area (Å²) in [7, 11) is 0. The van der Waals surface area contributed by atoms with Gasteiger partial charge in [-0.1, -0.05) is 0 Å². The molecule has 2 aromatic rings. The van der Waals surface area contributed by atoms with Gasteiger partial charge >= 0.3 is 0 Å². The zero-order valence-electron chi connectivity index (χ0n) is 11.6. The fraction of sp³-hybridized carbons (Fsp3) is 0.538. The summed E-state index contributed by atoms with van der Waals surface area (Å²) in [5, 5.41) is 4.50. The second kappa shape index (κ2) is 5.90. The van der Waals surface area contributed by atoms with Crippen LogP contribution < -0.4 is 16.6 Å². The summed E-state index contributed by atoms with van der Waals surface area (Å²) in [5.41, 5.74) is 2.53. The van der Waals surface area contributed by atoms with Crippen molar-refractivity contribution in [2.24, 2.45) is 5.84 Å². The maximum absolute atomic E-state index is 5.44. The highest BCUT2D eigenvalue weighted by Gasteiger charge is 2.12. The lowest BCUT2D eigenvalue weighted by atomic mass is 10.3. The first-order valence-electron chi connectivity index (χ1n) is 6.97. The van der Waals surface area contributed by atoms with Crippen LogP contribution in [0.5, 0.6) is 0 Å². The molecule has 0 aromatic carbocycles. The Bertz CT molecular complexity index is 590. The minimum Gasteiger partial charge on any atom is -0.368 e. The van der Waals surface area contributed by atoms with Gasteiger partial charge in [-0.3, -0.25) is 5.43 Å². The van der Waals surface area contributed by atoms with E-state index in [0.29, 0.717) is 5.95 Å². The normalized spacial score (nSPS) is 15.9. The van der Waals surface area contributed by atoms with Crippen molar-refractivity contribution in [3.05, 3.63) is 10.9 Å². The lowest BCUT2D eigenvalue weighted by molar-refractivity contribution is 0.352. The fourth-order valence-electron chi connectivity index (χ4n) is 2.58. The van der Waals surface area contributed by atoms with E-state index >= 15 is 0 Å². The molecule has 7 heteroatoms. The number of nitrogens with zero attached hydrogens (tertiary/aromatic N) is 3. The van der Waals surface area contributed by atoms with Gasteiger partial charge in [0.1, 0.15) is 10.6 Å². The number of hydrazine groups is 1. The molecule has 3 rings (SSSR count). The van der Waals surface area contributed by atoms with Crippen LogP contribution in [0, 0.1) is 6.92 Å². The summed E-state index contributed by atoms with van der Waals surface area (Å²) in [5.74, 6) is 6.77. The van der Waals surface area contributed by atoms with Gasteiger partial charge < -0.3 is 10.2 Å². The van der Waals surface area contributed by atoms with Gasteiger partial charge in [-0.25, -0.2) is 10.8 Å². The smallest absolute Gasteiger partial charge is 0.240 e. The molecule has 0 radical (unpaired) electrons. The lowest BCUT2D eigenvalue weighted by Crippen LogP contribution is -2.26. The highest BCUT2D eigenvalue weighted by Crippen LogP contribution is 2.29. The van der Waals surface area contributed by atoms with E-state index in [1.165, 1.54) is 30.8 Å². The molecule has 3 heterocycles. The predicted molar refractivity (Wildman–Crippen MR) is 84.1 cm³/mol. The maximum Gasteiger partial charge on any atom is 0.240 e. The van der Waals surface area contributed by atoms with E-state index in [9.17, 15) is 0 Å². The van der Waals surface area contributed by atoms with E-state index in [0.717, 1.165) is 29.1 Å². The van der Waals surface area contributed by atoms with Crippen molar-refractivity contribution in [2.75, 3.05) is 36.9 Å². The Labute approximate surface area is 122 Å². The molecule has 6 nitrogen and oxygen atoms in total. The minimum atomic E-state index is 0.461. The van der Waals surface area contributed by atoms with Gasteiger partial charge in [0, 0.05) is 18.0 Å². The first-order valence-corrected chi connectivity index (χ1v) is 7.79. The third-order valence-corrected chi connectivity index (χ3v) is 4.51. The molecule has 4 N–H and O–H groups in total. The van der Waals surface area contributed by atoms with Crippen LogP contribution in [0.1, 0.15) is 17.7 Å². The molecule has 108 valence electrons. The van der Waals surface area contributed by atoms with E-state index in [1.54, 1.807) is 11.3 Å². The fourth-order valence-corrected chi connectivity index (χ4v) is 3.46. The predicted octanol–water partition coefficient (Wildman–Crippen LogP) is 1.79. The Hall–Kier alpha value is -1.44. The number of nitrogens with one attached hydrogen (secondary N) is 2. The second-order valence-electron chi connectivity index (χ2n) is 5.09. The number of hydrogen-bond donors (Lipinski definition) is 3. The summed E-state index contributed by atoms with van der Waals surface area (Å²) in [4.78, 5) is 13.5. The van der Waals surface area contributed by atoms with Crippen molar-refractivity contribution in [3.8, 4) is 0 Å². The SMILES string of the molecule is Cc1cc2c(NCCN3CCCC3)nc(NN)nc2s1. The number of fused-ring (bicyclic) bond motifs is 1. The molecular formula is C13H20N6S. The van der Waals surface area contributed by atoms with Crippen LogP contribution in [-0.2, 0) is 0 Å². The second-order valence-corrected chi connectivity index (χ2v) is 6.33. The summed E-state index contributed by atoms with van der Waals surface area (Å²) in [6, 6.07) is 2.12. The van der Waals surface area contributed by atoms with Crippen LogP contribution >= 0.6 is 11.3 Å². The minimum absolute atomic E-state index is 0.461. The topological polar surface area (TPSA) is 79.1 Å². The zero-order chi connectivity index (χ0) is 13.9. The number of likely N-dealkylation sites (tertiary alicyclic amines) is 1. The van der Waals surface area contributed by atoms with Gasteiger partial charge in [0.05, 0.1) is 5.39 Å². The molecule has 1 aliphatic heterocycles. The molecule has 0 saturated carbocycles. The highest BCUT2D eigenvalue weighted by atomic mass is 32.1. The number of nitrogens with two attached hydrogens (primary N) is 1. The largest absolute Gasteiger partial charge is 0.368 e. The molecular weight excluding hydrogens is 272 g/mol.